The van der Waals surface area contributed by atoms with Crippen LogP contribution in [0.5, 0.6) is 5.75 Å². The molecule has 0 amide bonds. The second kappa shape index (κ2) is 8.74. The van der Waals surface area contributed by atoms with Crippen LogP contribution in [0.2, 0.25) is 5.02 Å². The van der Waals surface area contributed by atoms with Crippen LogP contribution in [-0.2, 0) is 21.7 Å². The zero-order valence-corrected chi connectivity index (χ0v) is 18.5. The number of aliphatic hydroxyl groups excluding tert-OH is 4. The van der Waals surface area contributed by atoms with Gasteiger partial charge in [-0.3, -0.25) is 0 Å². The third-order valence-corrected chi connectivity index (χ3v) is 6.36. The molecule has 0 saturated carbocycles. The highest BCUT2D eigenvalue weighted by Crippen LogP contribution is 2.49. The molecule has 7 nitrogen and oxygen atoms in total. The molecule has 2 aliphatic heterocycles. The third kappa shape index (κ3) is 4.46. The molecule has 2 aliphatic rings. The molecule has 2 aromatic carbocycles. The Labute approximate surface area is 194 Å². The second-order valence-corrected chi connectivity index (χ2v) is 9.05. The lowest BCUT2D eigenvalue weighted by Crippen LogP contribution is -2.65. The number of halogens is 3. The first-order chi connectivity index (χ1) is 15.5. The molecule has 0 aliphatic carbocycles. The molecule has 10 heteroatoms. The van der Waals surface area contributed by atoms with Gasteiger partial charge in [-0.15, -0.1) is 0 Å². The summed E-state index contributed by atoms with van der Waals surface area (Å²) in [5, 5.41) is 41.6. The van der Waals surface area contributed by atoms with Crippen LogP contribution in [0.1, 0.15) is 23.6 Å². The molecule has 2 aromatic rings. The summed E-state index contributed by atoms with van der Waals surface area (Å²) in [5.74, 6) is -4.41. The van der Waals surface area contributed by atoms with E-state index in [1.807, 2.05) is 0 Å². The number of alkyl halides is 2. The average Bonchev–Trinajstić information content (AvgIpc) is 3.17. The van der Waals surface area contributed by atoms with E-state index in [9.17, 15) is 29.2 Å². The number of benzene rings is 2. The first-order valence-corrected chi connectivity index (χ1v) is 10.8. The summed E-state index contributed by atoms with van der Waals surface area (Å²) >= 11 is 6.38. The van der Waals surface area contributed by atoms with Crippen molar-refractivity contribution in [2.75, 3.05) is 19.8 Å². The summed E-state index contributed by atoms with van der Waals surface area (Å²) in [5.41, 5.74) is 0.267. The summed E-state index contributed by atoms with van der Waals surface area (Å²) in [6, 6.07) is 11.4. The van der Waals surface area contributed by atoms with E-state index in [0.29, 0.717) is 28.3 Å². The average molecular weight is 487 g/mol. The monoisotopic (exact) mass is 486 g/mol. The molecule has 2 bridgehead atoms. The molecular formula is C23H25ClF2O7. The number of ether oxygens (including phenoxy) is 3. The fourth-order valence-electron chi connectivity index (χ4n) is 4.14. The maximum atomic E-state index is 13.0. The first-order valence-electron chi connectivity index (χ1n) is 10.4. The quantitative estimate of drug-likeness (QED) is 0.474. The SMILES string of the molecule is CC(F)(F)COc1ccc(Cc2cc(C34OC[C@@](CO)(O3)[C@@H](O)[C@H](O)[C@H]4O)ccc2Cl)cc1. The van der Waals surface area contributed by atoms with E-state index in [0.717, 1.165) is 12.5 Å². The van der Waals surface area contributed by atoms with Crippen LogP contribution < -0.4 is 4.74 Å². The van der Waals surface area contributed by atoms with Gasteiger partial charge in [0.2, 0.25) is 5.79 Å². The highest BCUT2D eigenvalue weighted by molar-refractivity contribution is 6.31. The number of fused-ring (bicyclic) bond motifs is 2. The van der Waals surface area contributed by atoms with E-state index in [2.05, 4.69) is 0 Å². The maximum Gasteiger partial charge on any atom is 0.278 e. The van der Waals surface area contributed by atoms with Crippen LogP contribution in [0.4, 0.5) is 8.78 Å². The number of hydrogen-bond acceptors (Lipinski definition) is 7. The van der Waals surface area contributed by atoms with E-state index in [4.69, 9.17) is 25.8 Å². The summed E-state index contributed by atoms with van der Waals surface area (Å²) in [6.45, 7) is -0.783. The van der Waals surface area contributed by atoms with Gasteiger partial charge in [-0.1, -0.05) is 29.8 Å². The molecule has 1 unspecified atom stereocenters. The lowest BCUT2D eigenvalue weighted by molar-refractivity contribution is -0.329. The van der Waals surface area contributed by atoms with Crippen LogP contribution in [-0.4, -0.2) is 70.1 Å². The van der Waals surface area contributed by atoms with Gasteiger partial charge in [0.05, 0.1) is 13.2 Å². The Balaban J connectivity index is 1.58. The molecule has 180 valence electrons. The van der Waals surface area contributed by atoms with Crippen molar-refractivity contribution in [2.45, 2.75) is 49.0 Å². The van der Waals surface area contributed by atoms with E-state index >= 15 is 0 Å². The van der Waals surface area contributed by atoms with Gasteiger partial charge in [-0.25, -0.2) is 8.78 Å². The largest absolute Gasteiger partial charge is 0.487 e. The molecule has 4 rings (SSSR count). The summed E-state index contributed by atoms with van der Waals surface area (Å²) in [4.78, 5) is 0. The van der Waals surface area contributed by atoms with Gasteiger partial charge >= 0.3 is 0 Å². The van der Waals surface area contributed by atoms with Crippen molar-refractivity contribution >= 4 is 11.6 Å². The molecule has 2 fully saturated rings. The Hall–Kier alpha value is -1.85. The lowest BCUT2D eigenvalue weighted by Gasteiger charge is -2.46. The molecule has 33 heavy (non-hydrogen) atoms. The molecule has 2 saturated heterocycles. The Morgan fingerprint density at radius 3 is 2.45 bits per heavy atom. The molecule has 0 spiro atoms. The van der Waals surface area contributed by atoms with E-state index in [1.165, 1.54) is 0 Å². The van der Waals surface area contributed by atoms with Gasteiger partial charge in [0.25, 0.3) is 5.92 Å². The number of aliphatic hydroxyl groups is 4. The molecule has 0 radical (unpaired) electrons. The van der Waals surface area contributed by atoms with Crippen LogP contribution in [0.15, 0.2) is 42.5 Å². The molecule has 2 heterocycles. The van der Waals surface area contributed by atoms with Crippen LogP contribution in [0.3, 0.4) is 0 Å². The van der Waals surface area contributed by atoms with Crippen LogP contribution in [0, 0.1) is 0 Å². The van der Waals surface area contributed by atoms with Crippen molar-refractivity contribution in [3.63, 3.8) is 0 Å². The summed E-state index contributed by atoms with van der Waals surface area (Å²) in [7, 11) is 0. The fraction of sp³-hybridized carbons (Fsp3) is 0.478. The van der Waals surface area contributed by atoms with E-state index in [-0.39, 0.29) is 6.61 Å². The van der Waals surface area contributed by atoms with Crippen LogP contribution >= 0.6 is 11.6 Å². The molecular weight excluding hydrogens is 462 g/mol. The number of rotatable bonds is 7. The van der Waals surface area contributed by atoms with Gasteiger partial charge in [-0.05, 0) is 41.8 Å². The predicted molar refractivity (Wildman–Crippen MR) is 113 cm³/mol. The highest BCUT2D eigenvalue weighted by Gasteiger charge is 2.67. The van der Waals surface area contributed by atoms with Gasteiger partial charge in [0.1, 0.15) is 29.7 Å². The minimum absolute atomic E-state index is 0.227. The zero-order chi connectivity index (χ0) is 24.0. The predicted octanol–water partition coefficient (Wildman–Crippen LogP) is 1.99. The minimum Gasteiger partial charge on any atom is -0.487 e. The molecule has 0 aromatic heterocycles. The van der Waals surface area contributed by atoms with Crippen molar-refractivity contribution < 1.29 is 43.4 Å². The summed E-state index contributed by atoms with van der Waals surface area (Å²) in [6.07, 6.45) is -4.39. The Bertz CT molecular complexity index is 999. The Morgan fingerprint density at radius 1 is 1.12 bits per heavy atom. The van der Waals surface area contributed by atoms with E-state index in [1.54, 1.807) is 42.5 Å². The number of hydrogen-bond donors (Lipinski definition) is 4. The third-order valence-electron chi connectivity index (χ3n) is 5.99. The normalized spacial score (nSPS) is 31.6. The smallest absolute Gasteiger partial charge is 0.278 e. The Kier molecular flexibility index (Phi) is 6.43. The fourth-order valence-corrected chi connectivity index (χ4v) is 4.32. The van der Waals surface area contributed by atoms with Crippen molar-refractivity contribution in [1.29, 1.82) is 0 Å². The van der Waals surface area contributed by atoms with Crippen molar-refractivity contribution in [1.82, 2.24) is 0 Å². The van der Waals surface area contributed by atoms with Crippen molar-refractivity contribution in [3.05, 3.63) is 64.2 Å². The van der Waals surface area contributed by atoms with Gasteiger partial charge in [0.15, 0.2) is 6.61 Å². The highest BCUT2D eigenvalue weighted by atomic mass is 35.5. The van der Waals surface area contributed by atoms with Crippen LogP contribution in [0.25, 0.3) is 0 Å². The Morgan fingerprint density at radius 2 is 1.82 bits per heavy atom. The maximum absolute atomic E-state index is 13.0. The second-order valence-electron chi connectivity index (χ2n) is 8.65. The molecule has 4 N–H and O–H groups in total. The minimum atomic E-state index is -2.93. The van der Waals surface area contributed by atoms with Gasteiger partial charge in [0, 0.05) is 17.5 Å². The topological polar surface area (TPSA) is 109 Å². The zero-order valence-electron chi connectivity index (χ0n) is 17.7. The van der Waals surface area contributed by atoms with Gasteiger partial charge in [-0.2, -0.15) is 0 Å². The summed E-state index contributed by atoms with van der Waals surface area (Å²) < 4.78 is 42.6. The lowest BCUT2D eigenvalue weighted by atomic mass is 9.83. The van der Waals surface area contributed by atoms with Crippen molar-refractivity contribution in [3.8, 4) is 5.75 Å². The first kappa shape index (κ1) is 24.3. The van der Waals surface area contributed by atoms with E-state index < -0.39 is 48.8 Å². The molecule has 5 atom stereocenters. The van der Waals surface area contributed by atoms with Crippen molar-refractivity contribution in [2.24, 2.45) is 0 Å². The van der Waals surface area contributed by atoms with Gasteiger partial charge < -0.3 is 34.6 Å². The standard InChI is InChI=1S/C23H25ClF2O7/c1-21(25,26)11-31-16-5-2-13(3-6-16)8-14-9-15(4-7-17(14)24)23-20(30)18(28)19(29)22(10-27,33-23)12-32-23/h2-7,9,18-20,27-30H,8,10-12H2,1H3/t18-,19-,20+,22+,23?/m0/s1.